The van der Waals surface area contributed by atoms with Crippen molar-refractivity contribution in [2.75, 3.05) is 0 Å². The van der Waals surface area contributed by atoms with Gasteiger partial charge in [-0.05, 0) is 74.5 Å². The van der Waals surface area contributed by atoms with Crippen LogP contribution in [0.25, 0.3) is 0 Å². The van der Waals surface area contributed by atoms with Gasteiger partial charge >= 0.3 is 0 Å². The first-order chi connectivity index (χ1) is 10.1. The lowest BCUT2D eigenvalue weighted by molar-refractivity contribution is -0.132. The molecule has 0 bridgehead atoms. The van der Waals surface area contributed by atoms with E-state index in [1.54, 1.807) is 0 Å². The van der Waals surface area contributed by atoms with Gasteiger partial charge in [-0.1, -0.05) is 6.92 Å². The van der Waals surface area contributed by atoms with E-state index in [1.165, 1.54) is 25.7 Å². The Hall–Kier alpha value is -0.660. The van der Waals surface area contributed by atoms with Gasteiger partial charge in [-0.15, -0.1) is 0 Å². The molecule has 4 aliphatic carbocycles. The second-order valence-electron chi connectivity index (χ2n) is 8.49. The van der Waals surface area contributed by atoms with Crippen LogP contribution in [0.4, 0.5) is 0 Å². The van der Waals surface area contributed by atoms with Crippen molar-refractivity contribution in [1.82, 2.24) is 0 Å². The van der Waals surface area contributed by atoms with Gasteiger partial charge in [0.2, 0.25) is 0 Å². The van der Waals surface area contributed by atoms with E-state index in [4.69, 9.17) is 0 Å². The molecule has 2 nitrogen and oxygen atoms in total. The summed E-state index contributed by atoms with van der Waals surface area (Å²) >= 11 is 0. The Labute approximate surface area is 128 Å². The van der Waals surface area contributed by atoms with Gasteiger partial charge in [0.25, 0.3) is 0 Å². The van der Waals surface area contributed by atoms with Crippen molar-refractivity contribution in [3.8, 4) is 0 Å². The third kappa shape index (κ3) is 2.04. The molecular weight excluding hydrogens is 260 g/mol. The van der Waals surface area contributed by atoms with Crippen LogP contribution >= 0.6 is 0 Å². The van der Waals surface area contributed by atoms with E-state index in [0.29, 0.717) is 23.4 Å². The Kier molecular flexibility index (Phi) is 3.28. The zero-order chi connectivity index (χ0) is 14.6. The van der Waals surface area contributed by atoms with Crippen LogP contribution in [-0.4, -0.2) is 11.6 Å². The minimum atomic E-state index is 0.00848. The second kappa shape index (κ2) is 4.93. The average Bonchev–Trinajstić information content (AvgIpc) is 2.65. The molecule has 6 unspecified atom stereocenters. The predicted octanol–water partition coefficient (Wildman–Crippen LogP) is 4.17. The summed E-state index contributed by atoms with van der Waals surface area (Å²) in [6.45, 7) is 2.26. The molecule has 4 rings (SSSR count). The van der Waals surface area contributed by atoms with Crippen molar-refractivity contribution in [1.29, 1.82) is 0 Å². The highest BCUT2D eigenvalue weighted by Crippen LogP contribution is 2.60. The molecule has 6 atom stereocenters. The Morgan fingerprint density at radius 3 is 2.62 bits per heavy atom. The van der Waals surface area contributed by atoms with Crippen LogP contribution in [0.1, 0.15) is 71.1 Å². The van der Waals surface area contributed by atoms with E-state index in [-0.39, 0.29) is 5.41 Å². The van der Waals surface area contributed by atoms with E-state index in [1.807, 2.05) is 0 Å². The number of ketones is 2. The molecule has 0 spiro atoms. The van der Waals surface area contributed by atoms with Gasteiger partial charge < -0.3 is 0 Å². The van der Waals surface area contributed by atoms with Crippen molar-refractivity contribution in [3.63, 3.8) is 0 Å². The smallest absolute Gasteiger partial charge is 0.139 e. The van der Waals surface area contributed by atoms with Gasteiger partial charge in [-0.2, -0.15) is 0 Å². The van der Waals surface area contributed by atoms with E-state index in [2.05, 4.69) is 6.92 Å². The largest absolute Gasteiger partial charge is 0.300 e. The van der Waals surface area contributed by atoms with Crippen LogP contribution in [0, 0.1) is 35.0 Å². The molecule has 4 saturated carbocycles. The molecule has 0 amide bonds. The SMILES string of the molecule is CC12CCC3C4CCCC(=O)CC4CCC3C1CCC2=O. The van der Waals surface area contributed by atoms with Crippen LogP contribution in [-0.2, 0) is 9.59 Å². The molecule has 21 heavy (non-hydrogen) atoms. The maximum atomic E-state index is 12.3. The molecular formula is C19H28O2. The third-order valence-corrected chi connectivity index (χ3v) is 7.71. The number of hydrogen-bond acceptors (Lipinski definition) is 2. The standard InChI is InChI=1S/C19H28O2/c1-19-10-9-15-14-4-2-3-13(20)11-12(14)5-6-16(15)17(19)7-8-18(19)21/h12,14-17H,2-11H2,1H3. The molecule has 0 aliphatic heterocycles. The first-order valence-electron chi connectivity index (χ1n) is 9.14. The van der Waals surface area contributed by atoms with Crippen molar-refractivity contribution >= 4 is 11.6 Å². The van der Waals surface area contributed by atoms with Gasteiger partial charge in [0.1, 0.15) is 11.6 Å². The minimum Gasteiger partial charge on any atom is -0.300 e. The number of carbonyl (C=O) groups excluding carboxylic acids is 2. The minimum absolute atomic E-state index is 0.00848. The molecule has 116 valence electrons. The molecule has 0 radical (unpaired) electrons. The molecule has 0 saturated heterocycles. The topological polar surface area (TPSA) is 34.1 Å². The van der Waals surface area contributed by atoms with Gasteiger partial charge in [0, 0.05) is 24.7 Å². The highest BCUT2D eigenvalue weighted by atomic mass is 16.1. The number of hydrogen-bond donors (Lipinski definition) is 0. The van der Waals surface area contributed by atoms with Crippen molar-refractivity contribution in [2.24, 2.45) is 35.0 Å². The highest BCUT2D eigenvalue weighted by Gasteiger charge is 2.56. The third-order valence-electron chi connectivity index (χ3n) is 7.71. The lowest BCUT2D eigenvalue weighted by Crippen LogP contribution is -2.47. The van der Waals surface area contributed by atoms with E-state index < -0.39 is 0 Å². The number of Topliss-reactive ketones (excluding diaryl/α,β-unsaturated/α-hetero) is 2. The normalized spacial score (nSPS) is 50.0. The van der Waals surface area contributed by atoms with E-state index in [0.717, 1.165) is 56.3 Å². The zero-order valence-electron chi connectivity index (χ0n) is 13.3. The molecule has 0 aromatic heterocycles. The number of fused-ring (bicyclic) bond motifs is 5. The quantitative estimate of drug-likeness (QED) is 0.670. The zero-order valence-corrected chi connectivity index (χ0v) is 13.3. The van der Waals surface area contributed by atoms with Crippen molar-refractivity contribution < 1.29 is 9.59 Å². The number of carbonyl (C=O) groups is 2. The Bertz CT molecular complexity index is 468. The fourth-order valence-corrected chi connectivity index (χ4v) is 6.64. The Balaban J connectivity index is 1.59. The summed E-state index contributed by atoms with van der Waals surface area (Å²) in [6.07, 6.45) is 10.9. The van der Waals surface area contributed by atoms with Crippen LogP contribution < -0.4 is 0 Å². The first-order valence-corrected chi connectivity index (χ1v) is 9.14. The summed E-state index contributed by atoms with van der Waals surface area (Å²) in [5.74, 6) is 4.77. The summed E-state index contributed by atoms with van der Waals surface area (Å²) in [6, 6.07) is 0. The molecule has 2 heteroatoms. The Morgan fingerprint density at radius 1 is 0.905 bits per heavy atom. The molecule has 4 aliphatic rings. The molecule has 0 aromatic carbocycles. The molecule has 0 aromatic rings. The first kappa shape index (κ1) is 14.0. The fourth-order valence-electron chi connectivity index (χ4n) is 6.64. The maximum Gasteiger partial charge on any atom is 0.139 e. The monoisotopic (exact) mass is 288 g/mol. The molecule has 0 heterocycles. The maximum absolute atomic E-state index is 12.3. The van der Waals surface area contributed by atoms with Crippen LogP contribution in [0.15, 0.2) is 0 Å². The van der Waals surface area contributed by atoms with Gasteiger partial charge in [0.05, 0.1) is 0 Å². The van der Waals surface area contributed by atoms with Crippen LogP contribution in [0.3, 0.4) is 0 Å². The van der Waals surface area contributed by atoms with Crippen molar-refractivity contribution in [2.45, 2.75) is 71.1 Å². The lowest BCUT2D eigenvalue weighted by Gasteiger charge is -2.52. The van der Waals surface area contributed by atoms with E-state index in [9.17, 15) is 9.59 Å². The van der Waals surface area contributed by atoms with Gasteiger partial charge in [0.15, 0.2) is 0 Å². The second-order valence-corrected chi connectivity index (χ2v) is 8.49. The summed E-state index contributed by atoms with van der Waals surface area (Å²) < 4.78 is 0. The highest BCUT2D eigenvalue weighted by molar-refractivity contribution is 5.87. The molecule has 0 N–H and O–H groups in total. The Morgan fingerprint density at radius 2 is 1.76 bits per heavy atom. The number of rotatable bonds is 0. The molecule has 4 fully saturated rings. The van der Waals surface area contributed by atoms with E-state index >= 15 is 0 Å². The van der Waals surface area contributed by atoms with Crippen molar-refractivity contribution in [3.05, 3.63) is 0 Å². The summed E-state index contributed by atoms with van der Waals surface area (Å²) in [5.41, 5.74) is 0.00848. The van der Waals surface area contributed by atoms with Gasteiger partial charge in [-0.3, -0.25) is 9.59 Å². The summed E-state index contributed by atoms with van der Waals surface area (Å²) in [7, 11) is 0. The average molecular weight is 288 g/mol. The summed E-state index contributed by atoms with van der Waals surface area (Å²) in [5, 5.41) is 0. The van der Waals surface area contributed by atoms with Crippen LogP contribution in [0.2, 0.25) is 0 Å². The lowest BCUT2D eigenvalue weighted by atomic mass is 9.52. The van der Waals surface area contributed by atoms with Crippen LogP contribution in [0.5, 0.6) is 0 Å². The van der Waals surface area contributed by atoms with Gasteiger partial charge in [-0.25, -0.2) is 0 Å². The predicted molar refractivity (Wildman–Crippen MR) is 81.7 cm³/mol. The fraction of sp³-hybridized carbons (Fsp3) is 0.895. The summed E-state index contributed by atoms with van der Waals surface area (Å²) in [4.78, 5) is 24.3.